The lowest BCUT2D eigenvalue weighted by Gasteiger charge is -2.30. The number of benzene rings is 1. The maximum Gasteiger partial charge on any atom is 0.271 e. The number of amides is 2. The second-order valence-electron chi connectivity index (χ2n) is 11.3. The topological polar surface area (TPSA) is 99.5 Å². The number of rotatable bonds is 7. The number of hydrogen-bond donors (Lipinski definition) is 3. The van der Waals surface area contributed by atoms with Crippen molar-refractivity contribution < 1.29 is 14.7 Å². The van der Waals surface area contributed by atoms with Crippen molar-refractivity contribution in [2.75, 3.05) is 19.6 Å². The third-order valence-corrected chi connectivity index (χ3v) is 8.82. The van der Waals surface area contributed by atoms with Gasteiger partial charge in [0.25, 0.3) is 5.91 Å². The van der Waals surface area contributed by atoms with E-state index in [-0.39, 0.29) is 30.3 Å². The quantitative estimate of drug-likeness (QED) is 0.550. The molecule has 5 atom stereocenters. The maximum absolute atomic E-state index is 12.9. The number of β-amino-alcohol motifs (C(OH)–C–C–N with tert-alkyl or cyclic N) is 1. The van der Waals surface area contributed by atoms with Gasteiger partial charge >= 0.3 is 0 Å². The van der Waals surface area contributed by atoms with E-state index in [2.05, 4.69) is 44.8 Å². The summed E-state index contributed by atoms with van der Waals surface area (Å²) in [4.78, 5) is 32.4. The lowest BCUT2D eigenvalue weighted by Crippen LogP contribution is -2.44. The van der Waals surface area contributed by atoms with Gasteiger partial charge in [-0.1, -0.05) is 30.7 Å². The van der Waals surface area contributed by atoms with Crippen molar-refractivity contribution in [2.24, 2.45) is 17.8 Å². The van der Waals surface area contributed by atoms with Gasteiger partial charge in [-0.05, 0) is 55.1 Å². The van der Waals surface area contributed by atoms with E-state index in [1.165, 1.54) is 30.4 Å². The van der Waals surface area contributed by atoms with Gasteiger partial charge in [-0.3, -0.25) is 14.5 Å². The van der Waals surface area contributed by atoms with Crippen molar-refractivity contribution >= 4 is 11.8 Å². The van der Waals surface area contributed by atoms with Crippen LogP contribution in [0.4, 0.5) is 0 Å². The lowest BCUT2D eigenvalue weighted by molar-refractivity contribution is -0.127. The van der Waals surface area contributed by atoms with E-state index in [0.29, 0.717) is 24.7 Å². The van der Waals surface area contributed by atoms with Crippen LogP contribution in [0.5, 0.6) is 0 Å². The summed E-state index contributed by atoms with van der Waals surface area (Å²) in [7, 11) is 0. The Balaban J connectivity index is 0.974. The normalized spacial score (nSPS) is 27.8. The van der Waals surface area contributed by atoms with Crippen LogP contribution in [0.25, 0.3) is 0 Å². The number of fused-ring (bicyclic) bond motifs is 4. The second-order valence-corrected chi connectivity index (χ2v) is 11.3. The van der Waals surface area contributed by atoms with Crippen LogP contribution in [0.3, 0.4) is 0 Å². The monoisotopic (exact) mass is 491 g/mol. The molecule has 4 unspecified atom stereocenters. The number of carbonyl (C=O) groups is 2. The zero-order valence-electron chi connectivity index (χ0n) is 20.9. The fraction of sp³-hybridized carbons (Fsp3) is 0.607. The van der Waals surface area contributed by atoms with E-state index in [9.17, 15) is 14.7 Å². The van der Waals surface area contributed by atoms with Crippen molar-refractivity contribution in [3.05, 3.63) is 53.1 Å². The standard InChI is InChI=1S/C28H37N5O3/c34-23(16-32-10-9-19-3-1-2-4-21(19)14-32)13-29-28(36)25-17-33-15-22(7-8-26(33)31-25)30-27(35)24-12-18-5-6-20(24)11-18/h1-4,17-18,20,22-24,34H,5-16H2,(H,29,36)(H,30,35)/t18?,20?,22?,23-,24?/m0/s1. The van der Waals surface area contributed by atoms with Gasteiger partial charge < -0.3 is 20.3 Å². The van der Waals surface area contributed by atoms with Gasteiger partial charge in [0.1, 0.15) is 11.5 Å². The molecule has 2 aliphatic heterocycles. The van der Waals surface area contributed by atoms with Crippen LogP contribution in [-0.2, 0) is 30.7 Å². The maximum atomic E-state index is 12.9. The molecule has 2 saturated carbocycles. The Hall–Kier alpha value is -2.71. The van der Waals surface area contributed by atoms with Crippen molar-refractivity contribution in [1.29, 1.82) is 0 Å². The molecule has 0 saturated heterocycles. The number of imidazole rings is 1. The molecular weight excluding hydrogens is 454 g/mol. The van der Waals surface area contributed by atoms with Crippen LogP contribution >= 0.6 is 0 Å². The molecule has 2 aliphatic carbocycles. The SMILES string of the molecule is O=C(NC[C@H](O)CN1CCc2ccccc2C1)c1cn2c(n1)CCC(NC(=O)C1CC3CCC1C3)C2. The molecule has 192 valence electrons. The summed E-state index contributed by atoms with van der Waals surface area (Å²) in [5.74, 6) is 2.38. The Kier molecular flexibility index (Phi) is 6.56. The fourth-order valence-corrected chi connectivity index (χ4v) is 6.92. The summed E-state index contributed by atoms with van der Waals surface area (Å²) >= 11 is 0. The minimum Gasteiger partial charge on any atom is -0.390 e. The molecule has 0 radical (unpaired) electrons. The van der Waals surface area contributed by atoms with Gasteiger partial charge in [0.15, 0.2) is 0 Å². The zero-order valence-corrected chi connectivity index (χ0v) is 20.9. The first-order valence-corrected chi connectivity index (χ1v) is 13.6. The number of aryl methyl sites for hydroxylation is 1. The molecule has 6 rings (SSSR count). The highest BCUT2D eigenvalue weighted by Gasteiger charge is 2.43. The predicted molar refractivity (Wildman–Crippen MR) is 135 cm³/mol. The number of aromatic nitrogens is 2. The van der Waals surface area contributed by atoms with E-state index in [1.54, 1.807) is 6.20 Å². The molecule has 1 aromatic heterocycles. The van der Waals surface area contributed by atoms with Crippen LogP contribution < -0.4 is 10.6 Å². The van der Waals surface area contributed by atoms with E-state index in [4.69, 9.17) is 0 Å². The summed E-state index contributed by atoms with van der Waals surface area (Å²) < 4.78 is 2.01. The first kappa shape index (κ1) is 23.7. The zero-order chi connectivity index (χ0) is 24.6. The Morgan fingerprint density at radius 3 is 2.78 bits per heavy atom. The molecule has 3 N–H and O–H groups in total. The molecule has 0 spiro atoms. The van der Waals surface area contributed by atoms with Gasteiger partial charge in [-0.2, -0.15) is 0 Å². The van der Waals surface area contributed by atoms with E-state index < -0.39 is 6.10 Å². The van der Waals surface area contributed by atoms with Crippen LogP contribution in [0.2, 0.25) is 0 Å². The van der Waals surface area contributed by atoms with Crippen LogP contribution in [0.15, 0.2) is 30.5 Å². The summed E-state index contributed by atoms with van der Waals surface area (Å²) in [6.07, 6.45) is 8.52. The van der Waals surface area contributed by atoms with Gasteiger partial charge in [0, 0.05) is 57.3 Å². The van der Waals surface area contributed by atoms with E-state index in [1.807, 2.05) is 4.57 Å². The summed E-state index contributed by atoms with van der Waals surface area (Å²) in [6, 6.07) is 8.53. The van der Waals surface area contributed by atoms with Crippen molar-refractivity contribution in [2.45, 2.75) is 70.2 Å². The molecule has 4 aliphatic rings. The number of carbonyl (C=O) groups excluding carboxylic acids is 2. The molecular formula is C28H37N5O3. The number of hydrogen-bond acceptors (Lipinski definition) is 5. The van der Waals surface area contributed by atoms with E-state index >= 15 is 0 Å². The minimum absolute atomic E-state index is 0.0886. The van der Waals surface area contributed by atoms with Crippen molar-refractivity contribution in [3.8, 4) is 0 Å². The molecule has 2 fully saturated rings. The van der Waals surface area contributed by atoms with Crippen molar-refractivity contribution in [3.63, 3.8) is 0 Å². The number of aliphatic hydroxyl groups is 1. The molecule has 2 amide bonds. The molecule has 8 nitrogen and oxygen atoms in total. The molecule has 2 bridgehead atoms. The first-order chi connectivity index (χ1) is 17.5. The van der Waals surface area contributed by atoms with Gasteiger partial charge in [0.2, 0.25) is 5.91 Å². The van der Waals surface area contributed by atoms with Crippen LogP contribution in [0.1, 0.15) is 59.5 Å². The van der Waals surface area contributed by atoms with Gasteiger partial charge in [-0.25, -0.2) is 4.98 Å². The summed E-state index contributed by atoms with van der Waals surface area (Å²) in [5.41, 5.74) is 3.07. The summed E-state index contributed by atoms with van der Waals surface area (Å²) in [5, 5.41) is 16.7. The molecule has 36 heavy (non-hydrogen) atoms. The molecule has 2 aromatic rings. The Morgan fingerprint density at radius 2 is 1.97 bits per heavy atom. The smallest absolute Gasteiger partial charge is 0.271 e. The third-order valence-electron chi connectivity index (χ3n) is 8.82. The Labute approximate surface area is 212 Å². The number of aliphatic hydroxyl groups excluding tert-OH is 1. The predicted octanol–water partition coefficient (Wildman–Crippen LogP) is 1.90. The lowest BCUT2D eigenvalue weighted by atomic mass is 9.88. The van der Waals surface area contributed by atoms with Crippen LogP contribution in [-0.4, -0.2) is 63.2 Å². The van der Waals surface area contributed by atoms with Gasteiger partial charge in [0.05, 0.1) is 6.10 Å². The minimum atomic E-state index is -0.637. The highest BCUT2D eigenvalue weighted by Crippen LogP contribution is 2.48. The Morgan fingerprint density at radius 1 is 1.11 bits per heavy atom. The first-order valence-electron chi connectivity index (χ1n) is 13.6. The third kappa shape index (κ3) is 4.93. The van der Waals surface area contributed by atoms with E-state index in [0.717, 1.165) is 50.5 Å². The molecule has 1 aromatic carbocycles. The fourth-order valence-electron chi connectivity index (χ4n) is 6.92. The molecule has 8 heteroatoms. The average molecular weight is 492 g/mol. The van der Waals surface area contributed by atoms with Crippen LogP contribution in [0, 0.1) is 17.8 Å². The average Bonchev–Trinajstić information content (AvgIpc) is 3.63. The number of nitrogens with zero attached hydrogens (tertiary/aromatic N) is 3. The highest BCUT2D eigenvalue weighted by atomic mass is 16.3. The summed E-state index contributed by atoms with van der Waals surface area (Å²) in [6.45, 7) is 3.12. The van der Waals surface area contributed by atoms with Gasteiger partial charge in [-0.15, -0.1) is 0 Å². The van der Waals surface area contributed by atoms with Crippen molar-refractivity contribution in [1.82, 2.24) is 25.1 Å². The number of nitrogens with one attached hydrogen (secondary N) is 2. The largest absolute Gasteiger partial charge is 0.390 e. The Bertz CT molecular complexity index is 1130. The molecule has 3 heterocycles. The second kappa shape index (κ2) is 9.98. The highest BCUT2D eigenvalue weighted by molar-refractivity contribution is 5.92.